The van der Waals surface area contributed by atoms with Crippen LogP contribution in [0.1, 0.15) is 43.0 Å². The first-order valence-electron chi connectivity index (χ1n) is 15.2. The van der Waals surface area contributed by atoms with E-state index in [2.05, 4.69) is 22.8 Å². The Morgan fingerprint density at radius 2 is 1.84 bits per heavy atom. The van der Waals surface area contributed by atoms with Gasteiger partial charge >= 0.3 is 0 Å². The average molecular weight is 578 g/mol. The number of aryl methyl sites for hydroxylation is 1. The van der Waals surface area contributed by atoms with Gasteiger partial charge in [0.05, 0.1) is 11.0 Å². The van der Waals surface area contributed by atoms with Gasteiger partial charge in [0, 0.05) is 69.0 Å². The van der Waals surface area contributed by atoms with E-state index >= 15 is 0 Å². The van der Waals surface area contributed by atoms with E-state index < -0.39 is 0 Å². The molecule has 0 spiro atoms. The third kappa shape index (κ3) is 6.26. The van der Waals surface area contributed by atoms with Crippen LogP contribution >= 0.6 is 0 Å². The first-order valence-corrected chi connectivity index (χ1v) is 15.2. The van der Waals surface area contributed by atoms with Gasteiger partial charge in [0.15, 0.2) is 0 Å². The van der Waals surface area contributed by atoms with Gasteiger partial charge in [0.1, 0.15) is 5.82 Å². The van der Waals surface area contributed by atoms with E-state index in [9.17, 15) is 9.59 Å². The highest BCUT2D eigenvalue weighted by molar-refractivity contribution is 5.81. The zero-order chi connectivity index (χ0) is 29.8. The Hall–Kier alpha value is -4.27. The van der Waals surface area contributed by atoms with Gasteiger partial charge < -0.3 is 19.9 Å². The molecule has 3 aromatic carbocycles. The number of nitrogens with two attached hydrogens (primary N) is 1. The van der Waals surface area contributed by atoms with E-state index in [4.69, 9.17) is 15.5 Å². The van der Waals surface area contributed by atoms with Crippen molar-refractivity contribution in [2.45, 2.75) is 50.6 Å². The fourth-order valence-electron chi connectivity index (χ4n) is 6.34. The third-order valence-electron chi connectivity index (χ3n) is 8.52. The quantitative estimate of drug-likeness (QED) is 0.235. The van der Waals surface area contributed by atoms with Crippen LogP contribution in [0.15, 0.2) is 89.9 Å². The summed E-state index contributed by atoms with van der Waals surface area (Å²) in [6.45, 7) is 2.95. The maximum absolute atomic E-state index is 13.4. The highest BCUT2D eigenvalue weighted by Crippen LogP contribution is 2.30. The summed E-state index contributed by atoms with van der Waals surface area (Å²) < 4.78 is 9.27. The smallest absolute Gasteiger partial charge is 0.262 e. The fourth-order valence-corrected chi connectivity index (χ4v) is 6.34. The Kier molecular flexibility index (Phi) is 8.67. The number of piperidine rings is 1. The van der Waals surface area contributed by atoms with E-state index in [-0.39, 0.29) is 23.4 Å². The van der Waals surface area contributed by atoms with Crippen molar-refractivity contribution in [1.29, 1.82) is 0 Å². The van der Waals surface area contributed by atoms with Gasteiger partial charge in [-0.1, -0.05) is 42.5 Å². The zero-order valence-corrected chi connectivity index (χ0v) is 24.7. The number of fused-ring (bicyclic) bond motifs is 2. The van der Waals surface area contributed by atoms with Crippen LogP contribution in [0.25, 0.3) is 27.5 Å². The Morgan fingerprint density at radius 1 is 1.05 bits per heavy atom. The number of likely N-dealkylation sites (tertiary alicyclic amines) is 1. The van der Waals surface area contributed by atoms with E-state index in [0.29, 0.717) is 31.4 Å². The van der Waals surface area contributed by atoms with Crippen LogP contribution in [0.4, 0.5) is 0 Å². The minimum atomic E-state index is -0.291. The predicted molar refractivity (Wildman–Crippen MR) is 171 cm³/mol. The molecular formula is C35H39N5O3. The molecule has 2 aromatic heterocycles. The van der Waals surface area contributed by atoms with E-state index in [1.54, 1.807) is 11.7 Å². The number of amides is 1. The van der Waals surface area contributed by atoms with Crippen molar-refractivity contribution in [3.8, 4) is 5.69 Å². The molecule has 0 bridgehead atoms. The molecular weight excluding hydrogens is 538 g/mol. The number of methoxy groups -OCH3 is 1. The summed E-state index contributed by atoms with van der Waals surface area (Å²) in [5.74, 6) is 1.35. The van der Waals surface area contributed by atoms with Crippen LogP contribution in [0, 0.1) is 0 Å². The van der Waals surface area contributed by atoms with Crippen LogP contribution in [0.2, 0.25) is 0 Å². The van der Waals surface area contributed by atoms with Gasteiger partial charge in [0.2, 0.25) is 5.91 Å². The number of carbonyl (C=O) groups excluding carboxylic acids is 1. The molecule has 222 valence electrons. The summed E-state index contributed by atoms with van der Waals surface area (Å²) in [5, 5.41) is 1.62. The lowest BCUT2D eigenvalue weighted by molar-refractivity contribution is -0.132. The molecule has 3 heterocycles. The van der Waals surface area contributed by atoms with Crippen LogP contribution in [0.5, 0.6) is 0 Å². The van der Waals surface area contributed by atoms with E-state index in [1.807, 2.05) is 71.8 Å². The number of ether oxygens (including phenoxy) is 1. The number of hydrogen-bond donors (Lipinski definition) is 1. The molecule has 8 nitrogen and oxygen atoms in total. The number of para-hydroxylation sites is 2. The summed E-state index contributed by atoms with van der Waals surface area (Å²) in [6.07, 6.45) is 5.56. The number of rotatable bonds is 10. The molecule has 2 unspecified atom stereocenters. The van der Waals surface area contributed by atoms with Crippen LogP contribution in [0.3, 0.4) is 0 Å². The summed E-state index contributed by atoms with van der Waals surface area (Å²) in [7, 11) is 1.73. The molecule has 1 aliphatic rings. The Labute approximate surface area is 251 Å². The Bertz CT molecular complexity index is 1770. The summed E-state index contributed by atoms with van der Waals surface area (Å²) in [5.41, 5.74) is 10.4. The second kappa shape index (κ2) is 12.9. The highest BCUT2D eigenvalue weighted by atomic mass is 16.5. The highest BCUT2D eigenvalue weighted by Gasteiger charge is 2.29. The maximum atomic E-state index is 13.4. The number of benzene rings is 3. The van der Waals surface area contributed by atoms with E-state index in [1.165, 1.54) is 0 Å². The number of pyridine rings is 1. The second-order valence-corrected chi connectivity index (χ2v) is 11.5. The van der Waals surface area contributed by atoms with Gasteiger partial charge in [-0.05, 0) is 73.0 Å². The lowest BCUT2D eigenvalue weighted by Gasteiger charge is -2.33. The SMILES string of the molecule is COCCCn1c(C2CCCN(C(=O)CC(N)Cc3ccc(-n4ccc5ccccc5c4=O)cc3)C2)nc2ccccc21. The van der Waals surface area contributed by atoms with Crippen LogP contribution < -0.4 is 11.3 Å². The molecule has 5 aromatic rings. The Balaban J connectivity index is 1.09. The number of carbonyl (C=O) groups is 1. The van der Waals surface area contributed by atoms with Crippen LogP contribution in [-0.2, 0) is 22.5 Å². The summed E-state index contributed by atoms with van der Waals surface area (Å²) >= 11 is 0. The van der Waals surface area contributed by atoms with Crippen molar-refractivity contribution in [3.05, 3.63) is 107 Å². The fraction of sp³-hybridized carbons (Fsp3) is 0.343. The molecule has 1 fully saturated rings. The Morgan fingerprint density at radius 3 is 2.67 bits per heavy atom. The maximum Gasteiger partial charge on any atom is 0.262 e. The minimum absolute atomic E-state index is 0.0430. The molecule has 8 heteroatoms. The monoisotopic (exact) mass is 577 g/mol. The molecule has 2 N–H and O–H groups in total. The number of aromatic nitrogens is 3. The molecule has 0 saturated carbocycles. The van der Waals surface area contributed by atoms with Crippen molar-refractivity contribution < 1.29 is 9.53 Å². The largest absolute Gasteiger partial charge is 0.385 e. The molecule has 0 aliphatic carbocycles. The lowest BCUT2D eigenvalue weighted by Crippen LogP contribution is -2.42. The first kappa shape index (κ1) is 28.8. The van der Waals surface area contributed by atoms with Gasteiger partial charge in [-0.3, -0.25) is 14.2 Å². The van der Waals surface area contributed by atoms with Crippen molar-refractivity contribution in [1.82, 2.24) is 19.0 Å². The molecule has 0 radical (unpaired) electrons. The molecule has 1 saturated heterocycles. The normalized spacial score (nSPS) is 16.1. The van der Waals surface area contributed by atoms with Gasteiger partial charge in [0.25, 0.3) is 5.56 Å². The summed E-state index contributed by atoms with van der Waals surface area (Å²) in [4.78, 5) is 33.4. The number of hydrogen-bond acceptors (Lipinski definition) is 5. The number of nitrogens with zero attached hydrogens (tertiary/aromatic N) is 4. The molecule has 1 amide bonds. The van der Waals surface area contributed by atoms with Crippen molar-refractivity contribution in [2.24, 2.45) is 5.73 Å². The van der Waals surface area contributed by atoms with Gasteiger partial charge in [-0.25, -0.2) is 4.98 Å². The minimum Gasteiger partial charge on any atom is -0.385 e. The molecule has 43 heavy (non-hydrogen) atoms. The first-order chi connectivity index (χ1) is 21.0. The molecule has 6 rings (SSSR count). The lowest BCUT2D eigenvalue weighted by atomic mass is 9.96. The number of imidazole rings is 1. The zero-order valence-electron chi connectivity index (χ0n) is 24.7. The third-order valence-corrected chi connectivity index (χ3v) is 8.52. The van der Waals surface area contributed by atoms with E-state index in [0.717, 1.165) is 65.8 Å². The van der Waals surface area contributed by atoms with Gasteiger partial charge in [-0.15, -0.1) is 0 Å². The second-order valence-electron chi connectivity index (χ2n) is 11.5. The van der Waals surface area contributed by atoms with Crippen LogP contribution in [-0.4, -0.2) is 57.8 Å². The van der Waals surface area contributed by atoms with Crippen molar-refractivity contribution in [3.63, 3.8) is 0 Å². The standard InChI is InChI=1S/C35H39N5O3/c1-43-21-7-19-40-32-12-5-4-11-31(32)37-34(40)27-9-6-18-38(24-27)33(41)23-28(36)22-25-13-15-29(16-14-25)39-20-17-26-8-2-3-10-30(26)35(39)42/h2-5,8,10-17,20,27-28H,6-7,9,18-19,21-24,36H2,1H3. The topological polar surface area (TPSA) is 95.4 Å². The van der Waals surface area contributed by atoms with Crippen molar-refractivity contribution in [2.75, 3.05) is 26.8 Å². The van der Waals surface area contributed by atoms with Gasteiger partial charge in [-0.2, -0.15) is 0 Å². The predicted octanol–water partition coefficient (Wildman–Crippen LogP) is 5.04. The average Bonchev–Trinajstić information content (AvgIpc) is 3.40. The van der Waals surface area contributed by atoms with Crippen molar-refractivity contribution >= 4 is 27.7 Å². The summed E-state index contributed by atoms with van der Waals surface area (Å²) in [6, 6.07) is 25.4. The molecule has 2 atom stereocenters. The molecule has 1 aliphatic heterocycles.